The van der Waals surface area contributed by atoms with Crippen LogP contribution in [0.4, 0.5) is 13.2 Å². The Labute approximate surface area is 124 Å². The number of rotatable bonds is 8. The van der Waals surface area contributed by atoms with Gasteiger partial charge in [0.1, 0.15) is 5.75 Å². The maximum atomic E-state index is 12.1. The highest BCUT2D eigenvalue weighted by molar-refractivity contribution is 5.29. The molecule has 0 aliphatic rings. The molecule has 2 nitrogen and oxygen atoms in total. The van der Waals surface area contributed by atoms with Crippen molar-refractivity contribution in [2.24, 2.45) is 5.92 Å². The van der Waals surface area contributed by atoms with Gasteiger partial charge in [-0.15, -0.1) is 13.2 Å². The fourth-order valence-corrected chi connectivity index (χ4v) is 2.50. The van der Waals surface area contributed by atoms with Gasteiger partial charge in [-0.25, -0.2) is 0 Å². The monoisotopic (exact) mass is 303 g/mol. The van der Waals surface area contributed by atoms with E-state index in [0.29, 0.717) is 5.92 Å². The van der Waals surface area contributed by atoms with Crippen LogP contribution >= 0.6 is 0 Å². The average Bonchev–Trinajstić information content (AvgIpc) is 2.37. The molecule has 0 aromatic heterocycles. The minimum absolute atomic E-state index is 0.163. The lowest BCUT2D eigenvalue weighted by atomic mass is 9.93. The summed E-state index contributed by atoms with van der Waals surface area (Å²) >= 11 is 0. The fraction of sp³-hybridized carbons (Fsp3) is 0.625. The number of ether oxygens (including phenoxy) is 1. The van der Waals surface area contributed by atoms with Crippen molar-refractivity contribution in [3.05, 3.63) is 29.8 Å². The van der Waals surface area contributed by atoms with Crippen LogP contribution in [0.25, 0.3) is 0 Å². The number of alkyl halides is 3. The molecule has 120 valence electrons. The van der Waals surface area contributed by atoms with E-state index in [0.717, 1.165) is 31.4 Å². The van der Waals surface area contributed by atoms with Crippen molar-refractivity contribution in [2.75, 3.05) is 6.54 Å². The maximum Gasteiger partial charge on any atom is 0.573 e. The molecule has 0 saturated heterocycles. The number of nitrogens with one attached hydrogen (secondary N) is 1. The van der Waals surface area contributed by atoms with Crippen LogP contribution in [0, 0.1) is 5.92 Å². The van der Waals surface area contributed by atoms with Crippen molar-refractivity contribution in [3.63, 3.8) is 0 Å². The van der Waals surface area contributed by atoms with Gasteiger partial charge < -0.3 is 10.1 Å². The SMILES string of the molecule is CCCC(C)CC(NCC)c1ccc(OC(F)(F)F)cc1. The number of hydrogen-bond acceptors (Lipinski definition) is 2. The summed E-state index contributed by atoms with van der Waals surface area (Å²) in [5.41, 5.74) is 0.995. The van der Waals surface area contributed by atoms with Gasteiger partial charge in [0.2, 0.25) is 0 Å². The first-order chi connectivity index (χ1) is 9.85. The smallest absolute Gasteiger partial charge is 0.406 e. The first kappa shape index (κ1) is 17.8. The Balaban J connectivity index is 2.74. The molecule has 0 radical (unpaired) electrons. The van der Waals surface area contributed by atoms with Crippen LogP contribution in [0.15, 0.2) is 24.3 Å². The predicted molar refractivity (Wildman–Crippen MR) is 78.2 cm³/mol. The topological polar surface area (TPSA) is 21.3 Å². The molecule has 1 aromatic rings. The van der Waals surface area contributed by atoms with E-state index < -0.39 is 6.36 Å². The minimum atomic E-state index is -4.64. The van der Waals surface area contributed by atoms with Crippen LogP contribution in [0.3, 0.4) is 0 Å². The standard InChI is InChI=1S/C16H24F3NO/c1-4-6-12(3)11-15(20-5-2)13-7-9-14(10-8-13)21-16(17,18)19/h7-10,12,15,20H,4-6,11H2,1-3H3. The zero-order valence-corrected chi connectivity index (χ0v) is 12.8. The zero-order valence-electron chi connectivity index (χ0n) is 12.8. The van der Waals surface area contributed by atoms with Gasteiger partial charge >= 0.3 is 6.36 Å². The van der Waals surface area contributed by atoms with Gasteiger partial charge in [-0.2, -0.15) is 0 Å². The van der Waals surface area contributed by atoms with Crippen LogP contribution in [0.1, 0.15) is 51.6 Å². The quantitative estimate of drug-likeness (QED) is 0.724. The molecule has 0 aliphatic heterocycles. The third kappa shape index (κ3) is 6.85. The van der Waals surface area contributed by atoms with Crippen molar-refractivity contribution in [1.82, 2.24) is 5.32 Å². The third-order valence-corrected chi connectivity index (χ3v) is 3.39. The molecule has 0 heterocycles. The van der Waals surface area contributed by atoms with Gasteiger partial charge in [0.05, 0.1) is 0 Å². The molecule has 0 amide bonds. The van der Waals surface area contributed by atoms with Crippen LogP contribution in [0.2, 0.25) is 0 Å². The summed E-state index contributed by atoms with van der Waals surface area (Å²) in [6.07, 6.45) is -1.38. The molecule has 0 aliphatic carbocycles. The molecule has 0 saturated carbocycles. The zero-order chi connectivity index (χ0) is 15.9. The lowest BCUT2D eigenvalue weighted by molar-refractivity contribution is -0.274. The molecule has 21 heavy (non-hydrogen) atoms. The Morgan fingerprint density at radius 1 is 1.14 bits per heavy atom. The summed E-state index contributed by atoms with van der Waals surface area (Å²) < 4.78 is 40.3. The molecule has 1 N–H and O–H groups in total. The van der Waals surface area contributed by atoms with Crippen LogP contribution in [0.5, 0.6) is 5.75 Å². The molecular formula is C16H24F3NO. The van der Waals surface area contributed by atoms with Crippen molar-refractivity contribution in [1.29, 1.82) is 0 Å². The second kappa shape index (κ2) is 8.27. The average molecular weight is 303 g/mol. The van der Waals surface area contributed by atoms with Gasteiger partial charge in [0.25, 0.3) is 0 Å². The van der Waals surface area contributed by atoms with E-state index in [1.54, 1.807) is 12.1 Å². The number of halogens is 3. The first-order valence-electron chi connectivity index (χ1n) is 7.44. The van der Waals surface area contributed by atoms with E-state index in [2.05, 4.69) is 23.9 Å². The largest absolute Gasteiger partial charge is 0.573 e. The van der Waals surface area contributed by atoms with Gasteiger partial charge in [0.15, 0.2) is 0 Å². The highest BCUT2D eigenvalue weighted by atomic mass is 19.4. The highest BCUT2D eigenvalue weighted by Crippen LogP contribution is 2.27. The Bertz CT molecular complexity index is 403. The second-order valence-electron chi connectivity index (χ2n) is 5.36. The van der Waals surface area contributed by atoms with Gasteiger partial charge in [-0.3, -0.25) is 0 Å². The first-order valence-corrected chi connectivity index (χ1v) is 7.44. The molecule has 2 atom stereocenters. The normalized spacial score (nSPS) is 14.8. The summed E-state index contributed by atoms with van der Waals surface area (Å²) in [4.78, 5) is 0. The predicted octanol–water partition coefficient (Wildman–Crippen LogP) is 5.06. The lowest BCUT2D eigenvalue weighted by Gasteiger charge is -2.22. The van der Waals surface area contributed by atoms with Gasteiger partial charge in [-0.1, -0.05) is 45.7 Å². The van der Waals surface area contributed by atoms with Gasteiger partial charge in [-0.05, 0) is 36.6 Å². The molecule has 1 rings (SSSR count). The van der Waals surface area contributed by atoms with E-state index in [4.69, 9.17) is 0 Å². The Morgan fingerprint density at radius 3 is 2.24 bits per heavy atom. The Hall–Kier alpha value is -1.23. The molecule has 5 heteroatoms. The van der Waals surface area contributed by atoms with Gasteiger partial charge in [0, 0.05) is 6.04 Å². The molecule has 1 aromatic carbocycles. The van der Waals surface area contributed by atoms with Crippen LogP contribution in [-0.2, 0) is 0 Å². The summed E-state index contributed by atoms with van der Waals surface area (Å²) in [6.45, 7) is 7.21. The molecule has 0 fully saturated rings. The maximum absolute atomic E-state index is 12.1. The third-order valence-electron chi connectivity index (χ3n) is 3.39. The van der Waals surface area contributed by atoms with E-state index in [1.807, 2.05) is 6.92 Å². The lowest BCUT2D eigenvalue weighted by Crippen LogP contribution is -2.23. The highest BCUT2D eigenvalue weighted by Gasteiger charge is 2.31. The molecule has 0 spiro atoms. The molecular weight excluding hydrogens is 279 g/mol. The number of hydrogen-bond donors (Lipinski definition) is 1. The van der Waals surface area contributed by atoms with E-state index >= 15 is 0 Å². The van der Waals surface area contributed by atoms with E-state index in [9.17, 15) is 13.2 Å². The summed E-state index contributed by atoms with van der Waals surface area (Å²) in [5.74, 6) is 0.397. The fourth-order valence-electron chi connectivity index (χ4n) is 2.50. The Kier molecular flexibility index (Phi) is 7.02. The van der Waals surface area contributed by atoms with Crippen molar-refractivity contribution < 1.29 is 17.9 Å². The summed E-state index contributed by atoms with van der Waals surface area (Å²) in [5, 5.41) is 3.39. The van der Waals surface area contributed by atoms with E-state index in [1.165, 1.54) is 12.1 Å². The second-order valence-corrected chi connectivity index (χ2v) is 5.36. The summed E-state index contributed by atoms with van der Waals surface area (Å²) in [7, 11) is 0. The Morgan fingerprint density at radius 2 is 1.76 bits per heavy atom. The minimum Gasteiger partial charge on any atom is -0.406 e. The van der Waals surface area contributed by atoms with Crippen LogP contribution < -0.4 is 10.1 Å². The van der Waals surface area contributed by atoms with Crippen molar-refractivity contribution in [3.8, 4) is 5.75 Å². The van der Waals surface area contributed by atoms with E-state index in [-0.39, 0.29) is 11.8 Å². The summed E-state index contributed by atoms with van der Waals surface area (Å²) in [6, 6.07) is 6.31. The number of benzene rings is 1. The molecule has 2 unspecified atom stereocenters. The van der Waals surface area contributed by atoms with Crippen molar-refractivity contribution in [2.45, 2.75) is 52.4 Å². The van der Waals surface area contributed by atoms with Crippen molar-refractivity contribution >= 4 is 0 Å². The molecule has 0 bridgehead atoms. The van der Waals surface area contributed by atoms with Crippen LogP contribution in [-0.4, -0.2) is 12.9 Å².